The molecule has 5 atom stereocenters. The Labute approximate surface area is 431 Å². The molecule has 0 aliphatic rings. The van der Waals surface area contributed by atoms with Crippen molar-refractivity contribution in [2.24, 2.45) is 11.8 Å². The largest absolute Gasteiger partial charge is 0.465 e. The fourth-order valence-electron chi connectivity index (χ4n) is 10.2. The first-order valence-electron chi connectivity index (χ1n) is 31.0. The van der Waals surface area contributed by atoms with Gasteiger partial charge in [0.15, 0.2) is 6.29 Å². The highest BCUT2D eigenvalue weighted by Crippen LogP contribution is 2.24. The van der Waals surface area contributed by atoms with Crippen molar-refractivity contribution in [1.82, 2.24) is 4.90 Å². The SMILES string of the molecule is CC/C=C/CCC(CCCCCCCC)C(=O)OCCCCCCN(CCCCCCOC(O)C(CCCCCC)CCCCCCCC)C(CO)C(O)CCCCCCCCCCCCCCC. The van der Waals surface area contributed by atoms with Crippen molar-refractivity contribution in [2.75, 3.05) is 32.9 Å². The van der Waals surface area contributed by atoms with E-state index in [-0.39, 0.29) is 30.5 Å². The minimum atomic E-state index is -0.656. The fourth-order valence-corrected chi connectivity index (χ4v) is 10.2. The highest BCUT2D eigenvalue weighted by molar-refractivity contribution is 5.72. The summed E-state index contributed by atoms with van der Waals surface area (Å²) in [6.45, 7) is 14.0. The number of esters is 1. The third-order valence-electron chi connectivity index (χ3n) is 15.0. The van der Waals surface area contributed by atoms with Gasteiger partial charge in [-0.2, -0.15) is 0 Å². The number of aliphatic hydroxyl groups is 3. The van der Waals surface area contributed by atoms with Gasteiger partial charge in [0.25, 0.3) is 0 Å². The van der Waals surface area contributed by atoms with E-state index in [0.29, 0.717) is 13.2 Å². The number of rotatable bonds is 57. The molecule has 0 aliphatic carbocycles. The summed E-state index contributed by atoms with van der Waals surface area (Å²) in [6, 6.07) is -0.238. The Morgan fingerprint density at radius 3 is 1.30 bits per heavy atom. The Kier molecular flexibility index (Phi) is 54.0. The van der Waals surface area contributed by atoms with Crippen molar-refractivity contribution in [3.8, 4) is 0 Å². The number of unbranched alkanes of at least 4 members (excludes halogenated alkanes) is 31. The number of nitrogens with zero attached hydrogens (tertiary/aromatic N) is 1. The van der Waals surface area contributed by atoms with Crippen LogP contribution in [0.5, 0.6) is 0 Å². The molecular weight excluding hydrogens is 855 g/mol. The van der Waals surface area contributed by atoms with E-state index in [0.717, 1.165) is 129 Å². The molecule has 7 nitrogen and oxygen atoms in total. The van der Waals surface area contributed by atoms with Gasteiger partial charge in [-0.3, -0.25) is 9.69 Å². The highest BCUT2D eigenvalue weighted by atomic mass is 16.6. The van der Waals surface area contributed by atoms with Gasteiger partial charge >= 0.3 is 5.97 Å². The first-order valence-corrected chi connectivity index (χ1v) is 31.0. The zero-order valence-electron chi connectivity index (χ0n) is 47.2. The van der Waals surface area contributed by atoms with E-state index in [9.17, 15) is 20.1 Å². The van der Waals surface area contributed by atoms with Crippen LogP contribution in [0.1, 0.15) is 317 Å². The number of allylic oxidation sites excluding steroid dienone is 2. The van der Waals surface area contributed by atoms with E-state index >= 15 is 0 Å². The van der Waals surface area contributed by atoms with Crippen LogP contribution in [0, 0.1) is 11.8 Å². The van der Waals surface area contributed by atoms with Gasteiger partial charge < -0.3 is 24.8 Å². The molecule has 5 unspecified atom stereocenters. The maximum Gasteiger partial charge on any atom is 0.308 e. The van der Waals surface area contributed by atoms with Crippen molar-refractivity contribution in [3.05, 3.63) is 12.2 Å². The van der Waals surface area contributed by atoms with E-state index in [4.69, 9.17) is 9.47 Å². The summed E-state index contributed by atoms with van der Waals surface area (Å²) in [7, 11) is 0. The molecule has 3 N–H and O–H groups in total. The van der Waals surface area contributed by atoms with Crippen molar-refractivity contribution in [2.45, 2.75) is 336 Å². The summed E-state index contributed by atoms with van der Waals surface area (Å²) >= 11 is 0. The summed E-state index contributed by atoms with van der Waals surface area (Å²) in [6.07, 6.45) is 55.0. The summed E-state index contributed by atoms with van der Waals surface area (Å²) in [5, 5.41) is 33.2. The molecule has 0 spiro atoms. The Hall–Kier alpha value is -0.990. The van der Waals surface area contributed by atoms with E-state index in [1.807, 2.05) is 0 Å². The van der Waals surface area contributed by atoms with Gasteiger partial charge in [-0.1, -0.05) is 259 Å². The Bertz CT molecular complexity index is 1040. The van der Waals surface area contributed by atoms with Crippen molar-refractivity contribution in [3.63, 3.8) is 0 Å². The molecule has 0 aromatic carbocycles. The molecule has 0 heterocycles. The second-order valence-electron chi connectivity index (χ2n) is 21.5. The minimum absolute atomic E-state index is 0.00357. The molecule has 69 heavy (non-hydrogen) atoms. The summed E-state index contributed by atoms with van der Waals surface area (Å²) in [4.78, 5) is 15.5. The number of ether oxygens (including phenoxy) is 2. The lowest BCUT2D eigenvalue weighted by atomic mass is 9.93. The van der Waals surface area contributed by atoms with Crippen molar-refractivity contribution < 1.29 is 29.6 Å². The molecule has 7 heteroatoms. The first kappa shape index (κ1) is 68.0. The Morgan fingerprint density at radius 1 is 0.449 bits per heavy atom. The average Bonchev–Trinajstić information content (AvgIpc) is 3.35. The van der Waals surface area contributed by atoms with Gasteiger partial charge in [0.05, 0.1) is 31.3 Å². The summed E-state index contributed by atoms with van der Waals surface area (Å²) < 4.78 is 12.0. The highest BCUT2D eigenvalue weighted by Gasteiger charge is 2.25. The third kappa shape index (κ3) is 44.2. The summed E-state index contributed by atoms with van der Waals surface area (Å²) in [5.41, 5.74) is 0. The van der Waals surface area contributed by atoms with Gasteiger partial charge in [-0.15, -0.1) is 0 Å². The normalized spacial score (nSPS) is 14.2. The second-order valence-corrected chi connectivity index (χ2v) is 21.5. The molecule has 0 saturated heterocycles. The van der Waals surface area contributed by atoms with Crippen LogP contribution in [0.2, 0.25) is 0 Å². The van der Waals surface area contributed by atoms with E-state index < -0.39 is 12.4 Å². The third-order valence-corrected chi connectivity index (χ3v) is 15.0. The first-order chi connectivity index (χ1) is 33.9. The van der Waals surface area contributed by atoms with Gasteiger partial charge in [0, 0.05) is 12.5 Å². The lowest BCUT2D eigenvalue weighted by molar-refractivity contribution is -0.149. The monoisotopic (exact) mass is 978 g/mol. The van der Waals surface area contributed by atoms with Gasteiger partial charge in [-0.05, 0) is 83.7 Å². The molecule has 0 radical (unpaired) electrons. The predicted molar refractivity (Wildman–Crippen MR) is 299 cm³/mol. The molecule has 0 amide bonds. The summed E-state index contributed by atoms with van der Waals surface area (Å²) in [5.74, 6) is 0.244. The van der Waals surface area contributed by atoms with Gasteiger partial charge in [0.2, 0.25) is 0 Å². The van der Waals surface area contributed by atoms with Crippen molar-refractivity contribution >= 4 is 5.97 Å². The van der Waals surface area contributed by atoms with Crippen LogP contribution in [0.3, 0.4) is 0 Å². The second kappa shape index (κ2) is 54.8. The van der Waals surface area contributed by atoms with Gasteiger partial charge in [0.1, 0.15) is 0 Å². The number of hydrogen-bond donors (Lipinski definition) is 3. The van der Waals surface area contributed by atoms with Crippen LogP contribution in [0.15, 0.2) is 12.2 Å². The van der Waals surface area contributed by atoms with E-state index in [1.54, 1.807) is 0 Å². The Morgan fingerprint density at radius 2 is 0.841 bits per heavy atom. The molecular formula is C62H123NO6. The number of carbonyl (C=O) groups excluding carboxylic acids is 1. The predicted octanol–water partition coefficient (Wildman–Crippen LogP) is 17.9. The lowest BCUT2D eigenvalue weighted by Crippen LogP contribution is -2.47. The molecule has 0 fully saturated rings. The topological polar surface area (TPSA) is 99.5 Å². The molecule has 0 bridgehead atoms. The molecule has 0 aromatic heterocycles. The molecule has 0 saturated carbocycles. The Balaban J connectivity index is 5.05. The number of hydrogen-bond acceptors (Lipinski definition) is 7. The quantitative estimate of drug-likeness (QED) is 0.0242. The van der Waals surface area contributed by atoms with Gasteiger partial charge in [-0.25, -0.2) is 0 Å². The van der Waals surface area contributed by atoms with Crippen LogP contribution in [0.4, 0.5) is 0 Å². The lowest BCUT2D eigenvalue weighted by Gasteiger charge is -2.34. The van der Waals surface area contributed by atoms with Crippen LogP contribution in [-0.4, -0.2) is 77.5 Å². The maximum atomic E-state index is 13.2. The molecule has 0 rings (SSSR count). The standard InChI is InChI=1S/C62H123NO6/c1-6-11-16-21-24-25-26-27-28-29-30-33-42-51-60(65)59(56-64)63(52-43-34-36-45-54-68-61(66)57(47-38-19-14-9-4)49-40-31-22-17-12-7-2)53-44-35-37-46-55-69-62(67)58(48-39-20-15-10-5)50-41-32-23-18-13-8-3/h14,19,57-60,62,64-65,67H,6-13,15-18,20-56H2,1-5H3/b19-14+. The van der Waals surface area contributed by atoms with Crippen molar-refractivity contribution in [1.29, 1.82) is 0 Å². The zero-order valence-corrected chi connectivity index (χ0v) is 47.2. The molecule has 0 aliphatic heterocycles. The molecule has 412 valence electrons. The minimum Gasteiger partial charge on any atom is -0.465 e. The van der Waals surface area contributed by atoms with E-state index in [2.05, 4.69) is 51.7 Å². The van der Waals surface area contributed by atoms with E-state index in [1.165, 1.54) is 167 Å². The zero-order chi connectivity index (χ0) is 50.5. The average molecular weight is 979 g/mol. The van der Waals surface area contributed by atoms with Crippen LogP contribution in [-0.2, 0) is 14.3 Å². The molecule has 0 aromatic rings. The smallest absolute Gasteiger partial charge is 0.308 e. The number of carbonyl (C=O) groups is 1. The van der Waals surface area contributed by atoms with Crippen LogP contribution < -0.4 is 0 Å². The van der Waals surface area contributed by atoms with Crippen LogP contribution >= 0.6 is 0 Å². The number of aliphatic hydroxyl groups excluding tert-OH is 3. The maximum absolute atomic E-state index is 13.2. The fraction of sp³-hybridized carbons (Fsp3) is 0.952. The van der Waals surface area contributed by atoms with Crippen LogP contribution in [0.25, 0.3) is 0 Å².